The minimum Gasteiger partial charge on any atom is -0.497 e. The number of carbonyl (C=O) groups is 1. The van der Waals surface area contributed by atoms with Gasteiger partial charge in [-0.15, -0.1) is 0 Å². The van der Waals surface area contributed by atoms with Crippen molar-refractivity contribution in [2.45, 2.75) is 19.4 Å². The summed E-state index contributed by atoms with van der Waals surface area (Å²) in [5.74, 6) is -1.86. The molecule has 0 radical (unpaired) electrons. The van der Waals surface area contributed by atoms with Crippen LogP contribution in [0.2, 0.25) is 0 Å². The molecule has 0 saturated heterocycles. The van der Waals surface area contributed by atoms with Crippen LogP contribution in [0, 0.1) is 11.6 Å². The number of anilines is 1. The fraction of sp³-hybridized carbons (Fsp3) is 0.316. The lowest BCUT2D eigenvalue weighted by atomic mass is 10.0. The molecule has 1 atom stereocenters. The number of hydrogen-bond donors (Lipinski definition) is 1. The van der Waals surface area contributed by atoms with E-state index in [4.69, 9.17) is 4.74 Å². The molecule has 0 spiro atoms. The molecule has 2 aromatic rings. The van der Waals surface area contributed by atoms with Crippen LogP contribution >= 0.6 is 0 Å². The summed E-state index contributed by atoms with van der Waals surface area (Å²) < 4.78 is 57.0. The average molecular weight is 412 g/mol. The lowest BCUT2D eigenvalue weighted by Crippen LogP contribution is -2.41. The van der Waals surface area contributed by atoms with E-state index in [-0.39, 0.29) is 6.04 Å². The van der Waals surface area contributed by atoms with Gasteiger partial charge in [-0.1, -0.05) is 19.1 Å². The second-order valence-electron chi connectivity index (χ2n) is 6.17. The first-order valence-electron chi connectivity index (χ1n) is 8.51. The van der Waals surface area contributed by atoms with E-state index in [1.54, 1.807) is 31.4 Å². The normalized spacial score (nSPS) is 12.3. The van der Waals surface area contributed by atoms with Crippen molar-refractivity contribution < 1.29 is 26.7 Å². The number of rotatable bonds is 8. The summed E-state index contributed by atoms with van der Waals surface area (Å²) in [5.41, 5.74) is 0.423. The molecule has 9 heteroatoms. The van der Waals surface area contributed by atoms with Crippen molar-refractivity contribution >= 4 is 21.6 Å². The van der Waals surface area contributed by atoms with Crippen LogP contribution in [0.15, 0.2) is 42.5 Å². The van der Waals surface area contributed by atoms with E-state index in [0.717, 1.165) is 24.0 Å². The van der Waals surface area contributed by atoms with Crippen molar-refractivity contribution in [3.63, 3.8) is 0 Å². The highest BCUT2D eigenvalue weighted by Crippen LogP contribution is 2.23. The van der Waals surface area contributed by atoms with Crippen LogP contribution in [0.25, 0.3) is 0 Å². The van der Waals surface area contributed by atoms with Gasteiger partial charge in [0.1, 0.15) is 23.9 Å². The summed E-state index contributed by atoms with van der Waals surface area (Å²) in [4.78, 5) is 12.5. The number of methoxy groups -OCH3 is 1. The monoisotopic (exact) mass is 412 g/mol. The van der Waals surface area contributed by atoms with Crippen molar-refractivity contribution in [2.24, 2.45) is 0 Å². The number of nitrogens with zero attached hydrogens (tertiary/aromatic N) is 1. The van der Waals surface area contributed by atoms with Crippen LogP contribution in [-0.4, -0.2) is 34.2 Å². The number of halogens is 2. The zero-order valence-electron chi connectivity index (χ0n) is 15.8. The maximum Gasteiger partial charge on any atom is 0.241 e. The van der Waals surface area contributed by atoms with Gasteiger partial charge in [-0.05, 0) is 36.2 Å². The number of sulfonamides is 1. The molecule has 28 heavy (non-hydrogen) atoms. The molecule has 0 heterocycles. The molecule has 1 unspecified atom stereocenters. The summed E-state index contributed by atoms with van der Waals surface area (Å²) in [6, 6.07) is 9.21. The molecule has 0 fully saturated rings. The van der Waals surface area contributed by atoms with Gasteiger partial charge in [-0.3, -0.25) is 9.10 Å². The van der Waals surface area contributed by atoms with E-state index in [1.165, 1.54) is 0 Å². The number of hydrogen-bond acceptors (Lipinski definition) is 4. The molecular formula is C19H22F2N2O4S. The molecule has 6 nitrogen and oxygen atoms in total. The van der Waals surface area contributed by atoms with E-state index in [1.807, 2.05) is 6.92 Å². The third kappa shape index (κ3) is 5.41. The molecule has 1 amide bonds. The van der Waals surface area contributed by atoms with Crippen molar-refractivity contribution in [3.05, 3.63) is 59.7 Å². The number of carbonyl (C=O) groups excluding carboxylic acids is 1. The second-order valence-corrected chi connectivity index (χ2v) is 8.07. The third-order valence-corrected chi connectivity index (χ3v) is 5.25. The molecule has 0 saturated carbocycles. The predicted octanol–water partition coefficient (Wildman–Crippen LogP) is 3.01. The van der Waals surface area contributed by atoms with Crippen LogP contribution in [0.5, 0.6) is 5.75 Å². The summed E-state index contributed by atoms with van der Waals surface area (Å²) in [6.45, 7) is 1.23. The van der Waals surface area contributed by atoms with Gasteiger partial charge in [0, 0.05) is 6.07 Å². The fourth-order valence-electron chi connectivity index (χ4n) is 2.69. The highest BCUT2D eigenvalue weighted by atomic mass is 32.2. The fourth-order valence-corrected chi connectivity index (χ4v) is 3.55. The first-order valence-corrected chi connectivity index (χ1v) is 10.4. The molecular weight excluding hydrogens is 390 g/mol. The number of benzene rings is 2. The van der Waals surface area contributed by atoms with E-state index >= 15 is 0 Å². The van der Waals surface area contributed by atoms with E-state index in [0.29, 0.717) is 22.5 Å². The maximum atomic E-state index is 14.1. The third-order valence-electron chi connectivity index (χ3n) is 4.13. The Morgan fingerprint density at radius 2 is 1.82 bits per heavy atom. The lowest BCUT2D eigenvalue weighted by Gasteiger charge is -2.24. The molecule has 0 aliphatic carbocycles. The van der Waals surface area contributed by atoms with Crippen LogP contribution in [0.1, 0.15) is 24.9 Å². The van der Waals surface area contributed by atoms with Crippen LogP contribution in [0.4, 0.5) is 14.5 Å². The van der Waals surface area contributed by atoms with Gasteiger partial charge in [0.15, 0.2) is 0 Å². The van der Waals surface area contributed by atoms with Crippen LogP contribution in [-0.2, 0) is 14.8 Å². The predicted molar refractivity (Wildman–Crippen MR) is 103 cm³/mol. The Morgan fingerprint density at radius 1 is 1.18 bits per heavy atom. The molecule has 0 aliphatic heterocycles. The SMILES string of the molecule is CCC(NC(=O)CN(c1ccc(F)cc1F)S(C)(=O)=O)c1ccc(OC)cc1. The van der Waals surface area contributed by atoms with Crippen molar-refractivity contribution in [1.82, 2.24) is 5.32 Å². The van der Waals surface area contributed by atoms with Crippen molar-refractivity contribution in [2.75, 3.05) is 24.2 Å². The van der Waals surface area contributed by atoms with E-state index in [9.17, 15) is 22.0 Å². The Labute approximate surface area is 163 Å². The number of amides is 1. The largest absolute Gasteiger partial charge is 0.497 e. The Hall–Kier alpha value is -2.68. The molecule has 0 aromatic heterocycles. The molecule has 1 N–H and O–H groups in total. The first-order chi connectivity index (χ1) is 13.2. The minimum absolute atomic E-state index is 0.363. The van der Waals surface area contributed by atoms with Gasteiger partial charge in [0.2, 0.25) is 15.9 Å². The number of ether oxygens (including phenoxy) is 1. The Bertz CT molecular complexity index is 933. The standard InChI is InChI=1S/C19H22F2N2O4S/c1-4-17(13-5-8-15(27-2)9-6-13)22-19(24)12-23(28(3,25)26)18-10-7-14(20)11-16(18)21/h5-11,17H,4,12H2,1-3H3,(H,22,24). The highest BCUT2D eigenvalue weighted by molar-refractivity contribution is 7.92. The maximum absolute atomic E-state index is 14.1. The summed E-state index contributed by atoms with van der Waals surface area (Å²) in [7, 11) is -2.43. The van der Waals surface area contributed by atoms with Crippen molar-refractivity contribution in [1.29, 1.82) is 0 Å². The van der Waals surface area contributed by atoms with Crippen LogP contribution in [0.3, 0.4) is 0 Å². The van der Waals surface area contributed by atoms with Gasteiger partial charge < -0.3 is 10.1 Å². The second kappa shape index (κ2) is 9.01. The van der Waals surface area contributed by atoms with Crippen LogP contribution < -0.4 is 14.4 Å². The highest BCUT2D eigenvalue weighted by Gasteiger charge is 2.25. The van der Waals surface area contributed by atoms with E-state index < -0.39 is 39.8 Å². The van der Waals surface area contributed by atoms with Gasteiger partial charge in [-0.25, -0.2) is 17.2 Å². The van der Waals surface area contributed by atoms with Gasteiger partial charge in [0.05, 0.1) is 25.1 Å². The summed E-state index contributed by atoms with van der Waals surface area (Å²) >= 11 is 0. The van der Waals surface area contributed by atoms with Gasteiger partial charge >= 0.3 is 0 Å². The molecule has 0 bridgehead atoms. The molecule has 0 aliphatic rings. The van der Waals surface area contributed by atoms with Gasteiger partial charge in [-0.2, -0.15) is 0 Å². The average Bonchev–Trinajstić information content (AvgIpc) is 2.64. The van der Waals surface area contributed by atoms with E-state index in [2.05, 4.69) is 5.32 Å². The zero-order chi connectivity index (χ0) is 20.9. The topological polar surface area (TPSA) is 75.7 Å². The molecule has 2 aromatic carbocycles. The molecule has 152 valence electrons. The van der Waals surface area contributed by atoms with Crippen molar-refractivity contribution in [3.8, 4) is 5.75 Å². The first kappa shape index (κ1) is 21.6. The Balaban J connectivity index is 2.20. The smallest absolute Gasteiger partial charge is 0.241 e. The zero-order valence-corrected chi connectivity index (χ0v) is 16.6. The molecule has 2 rings (SSSR count). The Morgan fingerprint density at radius 3 is 2.32 bits per heavy atom. The lowest BCUT2D eigenvalue weighted by molar-refractivity contribution is -0.120. The number of nitrogens with one attached hydrogen (secondary N) is 1. The van der Waals surface area contributed by atoms with Gasteiger partial charge in [0.25, 0.3) is 0 Å². The Kier molecular flexibility index (Phi) is 6.95. The summed E-state index contributed by atoms with van der Waals surface area (Å²) in [5, 5.41) is 2.74. The summed E-state index contributed by atoms with van der Waals surface area (Å²) in [6.07, 6.45) is 1.41. The minimum atomic E-state index is -3.97. The quantitative estimate of drug-likeness (QED) is 0.723.